The van der Waals surface area contributed by atoms with Crippen molar-refractivity contribution in [2.45, 2.75) is 6.92 Å². The molecule has 2 aromatic heterocycles. The highest BCUT2D eigenvalue weighted by atomic mass is 15.0. The first-order valence-electron chi connectivity index (χ1n) is 19.7. The number of hydrogen-bond acceptors (Lipinski definition) is 5. The van der Waals surface area contributed by atoms with Gasteiger partial charge in [-0.2, -0.15) is 10.5 Å². The van der Waals surface area contributed by atoms with Gasteiger partial charge in [-0.1, -0.05) is 151 Å². The van der Waals surface area contributed by atoms with Gasteiger partial charge in [-0.15, -0.1) is 0 Å². The zero-order valence-electron chi connectivity index (χ0n) is 32.6. The average Bonchev–Trinajstić information content (AvgIpc) is 3.64. The summed E-state index contributed by atoms with van der Waals surface area (Å²) in [4.78, 5) is 15.2. The smallest absolute Gasteiger partial charge is 0.164 e. The van der Waals surface area contributed by atoms with E-state index in [-0.39, 0.29) is 0 Å². The molecule has 280 valence electrons. The van der Waals surface area contributed by atoms with Crippen LogP contribution in [-0.4, -0.2) is 19.5 Å². The summed E-state index contributed by atoms with van der Waals surface area (Å²) in [6, 6.07) is 67.9. The predicted molar refractivity (Wildman–Crippen MR) is 241 cm³/mol. The molecule has 0 radical (unpaired) electrons. The maximum atomic E-state index is 10.6. The predicted octanol–water partition coefficient (Wildman–Crippen LogP) is 13.0. The molecule has 6 nitrogen and oxygen atoms in total. The molecule has 0 atom stereocenters. The van der Waals surface area contributed by atoms with Gasteiger partial charge in [0.1, 0.15) is 0 Å². The third kappa shape index (κ3) is 6.36. The lowest BCUT2D eigenvalue weighted by atomic mass is 9.89. The monoisotopic (exact) mass is 766 g/mol. The number of benzene rings is 8. The van der Waals surface area contributed by atoms with Gasteiger partial charge in [-0.3, -0.25) is 0 Å². The summed E-state index contributed by atoms with van der Waals surface area (Å²) in [5.41, 5.74) is 12.8. The second kappa shape index (κ2) is 15.1. The summed E-state index contributed by atoms with van der Waals surface area (Å²) < 4.78 is 2.29. The number of para-hydroxylation sites is 1. The number of rotatable bonds is 7. The Balaban J connectivity index is 1.35. The fraction of sp³-hybridized carbons (Fsp3) is 0.0185. The summed E-state index contributed by atoms with van der Waals surface area (Å²) in [5.74, 6) is 1.53. The van der Waals surface area contributed by atoms with E-state index < -0.39 is 0 Å². The van der Waals surface area contributed by atoms with Crippen molar-refractivity contribution in [3.63, 3.8) is 0 Å². The largest absolute Gasteiger partial charge is 0.308 e. The number of hydrogen-bond donors (Lipinski definition) is 0. The molecule has 0 saturated heterocycles. The first kappa shape index (κ1) is 35.9. The minimum atomic E-state index is 0.464. The van der Waals surface area contributed by atoms with Crippen LogP contribution >= 0.6 is 0 Å². The molecule has 0 unspecified atom stereocenters. The minimum absolute atomic E-state index is 0.464. The number of nitrogens with zero attached hydrogens (tertiary/aromatic N) is 6. The molecule has 10 aromatic rings. The van der Waals surface area contributed by atoms with Crippen molar-refractivity contribution in [2.75, 3.05) is 0 Å². The van der Waals surface area contributed by atoms with Crippen LogP contribution in [0.3, 0.4) is 0 Å². The summed E-state index contributed by atoms with van der Waals surface area (Å²) >= 11 is 0. The van der Waals surface area contributed by atoms with Crippen molar-refractivity contribution in [3.8, 4) is 85.4 Å². The molecule has 60 heavy (non-hydrogen) atoms. The van der Waals surface area contributed by atoms with Crippen LogP contribution in [0.4, 0.5) is 0 Å². The molecule has 0 N–H and O–H groups in total. The molecule has 10 rings (SSSR count). The van der Waals surface area contributed by atoms with E-state index in [1.165, 1.54) is 5.56 Å². The Bertz CT molecular complexity index is 3220. The first-order chi connectivity index (χ1) is 29.6. The highest BCUT2D eigenvalue weighted by Gasteiger charge is 2.25. The van der Waals surface area contributed by atoms with Gasteiger partial charge < -0.3 is 4.57 Å². The Kier molecular flexibility index (Phi) is 9.06. The van der Waals surface area contributed by atoms with Crippen LogP contribution in [0, 0.1) is 29.6 Å². The third-order valence-corrected chi connectivity index (χ3v) is 11.0. The van der Waals surface area contributed by atoms with Crippen molar-refractivity contribution in [1.82, 2.24) is 19.5 Å². The Morgan fingerprint density at radius 1 is 0.383 bits per heavy atom. The number of aromatic nitrogens is 4. The summed E-state index contributed by atoms with van der Waals surface area (Å²) in [7, 11) is 0. The number of nitriles is 2. The molecule has 8 aromatic carbocycles. The van der Waals surface area contributed by atoms with Crippen LogP contribution in [0.5, 0.6) is 0 Å². The van der Waals surface area contributed by atoms with Crippen molar-refractivity contribution in [3.05, 3.63) is 205 Å². The summed E-state index contributed by atoms with van der Waals surface area (Å²) in [6.45, 7) is 2.11. The number of fused-ring (bicyclic) bond motifs is 3. The molecule has 6 heteroatoms. The van der Waals surface area contributed by atoms with Crippen LogP contribution in [0.1, 0.15) is 16.7 Å². The lowest BCUT2D eigenvalue weighted by molar-refractivity contribution is 1.07. The van der Waals surface area contributed by atoms with Gasteiger partial charge in [0.2, 0.25) is 0 Å². The highest BCUT2D eigenvalue weighted by molar-refractivity contribution is 6.12. The summed E-state index contributed by atoms with van der Waals surface area (Å²) in [5, 5.41) is 23.5. The lowest BCUT2D eigenvalue weighted by Crippen LogP contribution is -2.05. The molecule has 0 fully saturated rings. The van der Waals surface area contributed by atoms with E-state index in [2.05, 4.69) is 102 Å². The molecule has 0 aliphatic rings. The molecule has 0 aliphatic heterocycles. The van der Waals surface area contributed by atoms with Crippen molar-refractivity contribution in [2.24, 2.45) is 0 Å². The summed E-state index contributed by atoms with van der Waals surface area (Å²) in [6.07, 6.45) is 0. The molecule has 0 amide bonds. The van der Waals surface area contributed by atoms with Gasteiger partial charge in [0, 0.05) is 49.7 Å². The van der Waals surface area contributed by atoms with Crippen LogP contribution in [-0.2, 0) is 0 Å². The second-order valence-corrected chi connectivity index (χ2v) is 14.7. The molecular formula is C54H34N6. The van der Waals surface area contributed by atoms with Gasteiger partial charge >= 0.3 is 0 Å². The minimum Gasteiger partial charge on any atom is -0.308 e. The van der Waals surface area contributed by atoms with Crippen molar-refractivity contribution in [1.29, 1.82) is 10.5 Å². The molecule has 0 saturated carbocycles. The molecule has 2 heterocycles. The molecular weight excluding hydrogens is 733 g/mol. The normalized spacial score (nSPS) is 11.1. The van der Waals surface area contributed by atoms with Gasteiger partial charge in [0.25, 0.3) is 0 Å². The Labute approximate surface area is 347 Å². The van der Waals surface area contributed by atoms with E-state index in [0.717, 1.165) is 72.0 Å². The van der Waals surface area contributed by atoms with Gasteiger partial charge in [-0.25, -0.2) is 15.0 Å². The van der Waals surface area contributed by atoms with E-state index in [1.807, 2.05) is 109 Å². The van der Waals surface area contributed by atoms with Crippen molar-refractivity contribution < 1.29 is 0 Å². The average molecular weight is 767 g/mol. The number of aryl methyl sites for hydroxylation is 1. The lowest BCUT2D eigenvalue weighted by Gasteiger charge is -2.22. The second-order valence-electron chi connectivity index (χ2n) is 14.7. The van der Waals surface area contributed by atoms with Gasteiger partial charge in [0.05, 0.1) is 40.0 Å². The van der Waals surface area contributed by atoms with E-state index in [1.54, 1.807) is 0 Å². The SMILES string of the molecule is Cc1cccc(-c2ccc3c(c2)c2ccccc2n3-c2c(-c3ccccc3C#N)cc(-c3nc(-c4ccccc4)nc(-c4ccccc4)n3)cc2-c2ccccc2C#N)c1. The Morgan fingerprint density at radius 3 is 1.45 bits per heavy atom. The van der Waals surface area contributed by atoms with Gasteiger partial charge in [-0.05, 0) is 60.5 Å². The zero-order chi connectivity index (χ0) is 40.6. The van der Waals surface area contributed by atoms with E-state index >= 15 is 0 Å². The van der Waals surface area contributed by atoms with E-state index in [9.17, 15) is 10.5 Å². The van der Waals surface area contributed by atoms with E-state index in [0.29, 0.717) is 34.2 Å². The van der Waals surface area contributed by atoms with E-state index in [4.69, 9.17) is 15.0 Å². The molecule has 0 aliphatic carbocycles. The fourth-order valence-corrected chi connectivity index (χ4v) is 8.20. The zero-order valence-corrected chi connectivity index (χ0v) is 32.6. The Hall–Kier alpha value is -8.45. The van der Waals surface area contributed by atoms with Crippen LogP contribution < -0.4 is 0 Å². The highest BCUT2D eigenvalue weighted by Crippen LogP contribution is 2.45. The first-order valence-corrected chi connectivity index (χ1v) is 19.7. The quantitative estimate of drug-likeness (QED) is 0.161. The Morgan fingerprint density at radius 2 is 0.867 bits per heavy atom. The van der Waals surface area contributed by atoms with Crippen molar-refractivity contribution >= 4 is 21.8 Å². The van der Waals surface area contributed by atoms with Gasteiger partial charge in [0.15, 0.2) is 17.5 Å². The molecule has 0 bridgehead atoms. The third-order valence-electron chi connectivity index (χ3n) is 11.0. The topological polar surface area (TPSA) is 91.2 Å². The van der Waals surface area contributed by atoms with Crippen LogP contribution in [0.15, 0.2) is 188 Å². The maximum absolute atomic E-state index is 10.6. The van der Waals surface area contributed by atoms with Crippen LogP contribution in [0.2, 0.25) is 0 Å². The maximum Gasteiger partial charge on any atom is 0.164 e. The molecule has 0 spiro atoms. The fourth-order valence-electron chi connectivity index (χ4n) is 8.20. The standard InChI is InChI=1S/C54H34N6/c1-35-15-14-22-38(29-35)39-27-28-50-46(30-39)45-25-12-13-26-49(45)60(50)51-47(43-23-10-8-20-40(43)33-55)31-42(32-48(51)44-24-11-9-21-41(44)34-56)54-58-52(36-16-4-2-5-17-36)57-53(59-54)37-18-6-3-7-19-37/h2-32H,1H3. The van der Waals surface area contributed by atoms with Crippen LogP contribution in [0.25, 0.3) is 95.0 Å².